The smallest absolute Gasteiger partial charge is 0.230 e. The van der Waals surface area contributed by atoms with Gasteiger partial charge in [-0.2, -0.15) is 0 Å². The van der Waals surface area contributed by atoms with Crippen molar-refractivity contribution in [2.75, 3.05) is 13.1 Å². The minimum atomic E-state index is -0.316. The van der Waals surface area contributed by atoms with Gasteiger partial charge in [0.25, 0.3) is 0 Å². The summed E-state index contributed by atoms with van der Waals surface area (Å²) in [6.07, 6.45) is 6.09. The maximum Gasteiger partial charge on any atom is 0.230 e. The zero-order chi connectivity index (χ0) is 14.4. The van der Waals surface area contributed by atoms with Crippen LogP contribution in [0.3, 0.4) is 0 Å². The molecule has 1 aliphatic carbocycles. The van der Waals surface area contributed by atoms with Crippen molar-refractivity contribution < 1.29 is 4.79 Å². The first kappa shape index (κ1) is 18.5. The van der Waals surface area contributed by atoms with Crippen LogP contribution >= 0.6 is 28.3 Å². The highest BCUT2D eigenvalue weighted by Gasteiger charge is 2.42. The van der Waals surface area contributed by atoms with Crippen molar-refractivity contribution in [3.8, 4) is 0 Å². The third kappa shape index (κ3) is 4.44. The molecule has 118 valence electrons. The van der Waals surface area contributed by atoms with E-state index in [0.717, 1.165) is 55.1 Å². The first-order valence-electron chi connectivity index (χ1n) is 7.43. The molecular formula is C16H24BrClN2O. The molecule has 5 heteroatoms. The summed E-state index contributed by atoms with van der Waals surface area (Å²) in [7, 11) is 0. The van der Waals surface area contributed by atoms with Gasteiger partial charge >= 0.3 is 0 Å². The summed E-state index contributed by atoms with van der Waals surface area (Å²) in [6, 6.07) is 8.21. The maximum absolute atomic E-state index is 12.7. The average Bonchev–Trinajstić information content (AvgIpc) is 2.95. The number of benzene rings is 1. The molecule has 0 radical (unpaired) electrons. The fourth-order valence-corrected chi connectivity index (χ4v) is 3.30. The van der Waals surface area contributed by atoms with Crippen molar-refractivity contribution in [3.05, 3.63) is 34.3 Å². The van der Waals surface area contributed by atoms with Crippen LogP contribution in [-0.4, -0.2) is 19.0 Å². The summed E-state index contributed by atoms with van der Waals surface area (Å²) in [6.45, 7) is 1.42. The number of rotatable bonds is 6. The molecule has 3 N–H and O–H groups in total. The Balaban J connectivity index is 0.00000220. The van der Waals surface area contributed by atoms with Gasteiger partial charge < -0.3 is 11.1 Å². The van der Waals surface area contributed by atoms with Crippen LogP contribution in [0.2, 0.25) is 0 Å². The van der Waals surface area contributed by atoms with Crippen molar-refractivity contribution in [2.24, 2.45) is 5.73 Å². The molecule has 0 unspecified atom stereocenters. The van der Waals surface area contributed by atoms with Gasteiger partial charge in [0.2, 0.25) is 5.91 Å². The molecule has 0 spiro atoms. The zero-order valence-corrected chi connectivity index (χ0v) is 14.6. The van der Waals surface area contributed by atoms with Crippen LogP contribution in [0.1, 0.15) is 44.1 Å². The number of carbonyl (C=O) groups is 1. The first-order chi connectivity index (χ1) is 9.69. The molecule has 1 aromatic rings. The minimum Gasteiger partial charge on any atom is -0.355 e. The number of halogens is 2. The van der Waals surface area contributed by atoms with E-state index in [4.69, 9.17) is 5.73 Å². The van der Waals surface area contributed by atoms with Crippen molar-refractivity contribution in [1.82, 2.24) is 5.32 Å². The highest BCUT2D eigenvalue weighted by molar-refractivity contribution is 9.10. The molecule has 1 saturated carbocycles. The maximum atomic E-state index is 12.7. The Labute approximate surface area is 141 Å². The molecule has 1 aromatic carbocycles. The van der Waals surface area contributed by atoms with Gasteiger partial charge in [-0.15, -0.1) is 12.4 Å². The number of hydrogen-bond donors (Lipinski definition) is 2. The molecule has 0 aromatic heterocycles. The lowest BCUT2D eigenvalue weighted by molar-refractivity contribution is -0.126. The summed E-state index contributed by atoms with van der Waals surface area (Å²) >= 11 is 3.46. The summed E-state index contributed by atoms with van der Waals surface area (Å²) in [5.74, 6) is 0.189. The van der Waals surface area contributed by atoms with Gasteiger partial charge in [0.1, 0.15) is 0 Å². The normalized spacial score (nSPS) is 16.3. The molecule has 0 saturated heterocycles. The van der Waals surface area contributed by atoms with E-state index in [2.05, 4.69) is 33.4 Å². The molecule has 1 amide bonds. The number of amides is 1. The second-order valence-electron chi connectivity index (χ2n) is 5.55. The van der Waals surface area contributed by atoms with Crippen LogP contribution in [0.25, 0.3) is 0 Å². The lowest BCUT2D eigenvalue weighted by Gasteiger charge is -2.28. The fraction of sp³-hybridized carbons (Fsp3) is 0.562. The number of hydrogen-bond acceptors (Lipinski definition) is 2. The van der Waals surface area contributed by atoms with E-state index in [0.29, 0.717) is 6.54 Å². The van der Waals surface area contributed by atoms with Crippen LogP contribution in [0, 0.1) is 0 Å². The Bertz CT molecular complexity index is 444. The summed E-state index contributed by atoms with van der Waals surface area (Å²) in [5, 5.41) is 3.11. The first-order valence-corrected chi connectivity index (χ1v) is 8.23. The standard InChI is InChI=1S/C16H23BrN2O.ClH/c17-14-7-5-13(6-8-14)16(9-1-2-10-16)15(20)19-12-4-3-11-18;/h5-8H,1-4,9-12,18H2,(H,19,20);1H. The Hall–Kier alpha value is -0.580. The van der Waals surface area contributed by atoms with Crippen LogP contribution in [0.15, 0.2) is 28.7 Å². The Morgan fingerprint density at radius 2 is 1.81 bits per heavy atom. The largest absolute Gasteiger partial charge is 0.355 e. The van der Waals surface area contributed by atoms with Gasteiger partial charge in [-0.05, 0) is 49.9 Å². The molecular weight excluding hydrogens is 352 g/mol. The fourth-order valence-electron chi connectivity index (χ4n) is 3.03. The van der Waals surface area contributed by atoms with Crippen molar-refractivity contribution in [2.45, 2.75) is 43.9 Å². The second kappa shape index (κ2) is 8.76. The van der Waals surface area contributed by atoms with Crippen LogP contribution in [0.4, 0.5) is 0 Å². The number of nitrogens with two attached hydrogens (primary N) is 1. The molecule has 1 fully saturated rings. The van der Waals surface area contributed by atoms with Crippen molar-refractivity contribution in [1.29, 1.82) is 0 Å². The van der Waals surface area contributed by atoms with Crippen LogP contribution < -0.4 is 11.1 Å². The lowest BCUT2D eigenvalue weighted by Crippen LogP contribution is -2.43. The van der Waals surface area contributed by atoms with Gasteiger partial charge in [0.15, 0.2) is 0 Å². The topological polar surface area (TPSA) is 55.1 Å². The Morgan fingerprint density at radius 1 is 1.19 bits per heavy atom. The van der Waals surface area contributed by atoms with E-state index in [-0.39, 0.29) is 23.7 Å². The van der Waals surface area contributed by atoms with Gasteiger partial charge in [-0.25, -0.2) is 0 Å². The van der Waals surface area contributed by atoms with Gasteiger partial charge in [-0.1, -0.05) is 40.9 Å². The monoisotopic (exact) mass is 374 g/mol. The molecule has 21 heavy (non-hydrogen) atoms. The summed E-state index contributed by atoms with van der Waals surface area (Å²) < 4.78 is 1.05. The van der Waals surface area contributed by atoms with Crippen molar-refractivity contribution >= 4 is 34.2 Å². The van der Waals surface area contributed by atoms with Gasteiger partial charge in [0.05, 0.1) is 5.41 Å². The second-order valence-corrected chi connectivity index (χ2v) is 6.46. The summed E-state index contributed by atoms with van der Waals surface area (Å²) in [5.41, 5.74) is 6.31. The quantitative estimate of drug-likeness (QED) is 0.747. The van der Waals surface area contributed by atoms with Gasteiger partial charge in [-0.3, -0.25) is 4.79 Å². The van der Waals surface area contributed by atoms with E-state index in [9.17, 15) is 4.79 Å². The Kier molecular flexibility index (Phi) is 7.71. The van der Waals surface area contributed by atoms with E-state index < -0.39 is 0 Å². The van der Waals surface area contributed by atoms with E-state index >= 15 is 0 Å². The number of carbonyl (C=O) groups excluding carboxylic acids is 1. The highest BCUT2D eigenvalue weighted by atomic mass is 79.9. The number of nitrogens with one attached hydrogen (secondary N) is 1. The minimum absolute atomic E-state index is 0. The van der Waals surface area contributed by atoms with E-state index in [1.165, 1.54) is 0 Å². The number of unbranched alkanes of at least 4 members (excludes halogenated alkanes) is 1. The molecule has 2 rings (SSSR count). The molecule has 3 nitrogen and oxygen atoms in total. The van der Waals surface area contributed by atoms with Gasteiger partial charge in [0, 0.05) is 11.0 Å². The summed E-state index contributed by atoms with van der Waals surface area (Å²) in [4.78, 5) is 12.7. The zero-order valence-electron chi connectivity index (χ0n) is 12.2. The highest BCUT2D eigenvalue weighted by Crippen LogP contribution is 2.41. The van der Waals surface area contributed by atoms with Crippen molar-refractivity contribution in [3.63, 3.8) is 0 Å². The SMILES string of the molecule is Cl.NCCCCNC(=O)C1(c2ccc(Br)cc2)CCCC1. The van der Waals surface area contributed by atoms with E-state index in [1.54, 1.807) is 0 Å². The molecule has 1 aliphatic rings. The molecule has 0 bridgehead atoms. The lowest BCUT2D eigenvalue weighted by atomic mass is 9.78. The predicted octanol–water partition coefficient (Wildman–Crippen LogP) is 3.54. The predicted molar refractivity (Wildman–Crippen MR) is 92.8 cm³/mol. The molecule has 0 atom stereocenters. The van der Waals surface area contributed by atoms with E-state index in [1.807, 2.05) is 12.1 Å². The van der Waals surface area contributed by atoms with Crippen LogP contribution in [-0.2, 0) is 10.2 Å². The average molecular weight is 376 g/mol. The van der Waals surface area contributed by atoms with Crippen LogP contribution in [0.5, 0.6) is 0 Å². The third-order valence-electron chi connectivity index (χ3n) is 4.21. The molecule has 0 aliphatic heterocycles. The molecule has 0 heterocycles. The third-order valence-corrected chi connectivity index (χ3v) is 4.73. The Morgan fingerprint density at radius 3 is 2.38 bits per heavy atom.